The van der Waals surface area contributed by atoms with Gasteiger partial charge in [-0.25, -0.2) is 4.39 Å². The average Bonchev–Trinajstić information content (AvgIpc) is 3.13. The second-order valence-corrected chi connectivity index (χ2v) is 6.52. The van der Waals surface area contributed by atoms with E-state index in [4.69, 9.17) is 9.15 Å². The minimum Gasteiger partial charge on any atom is -0.486 e. The summed E-state index contributed by atoms with van der Waals surface area (Å²) >= 11 is 0. The van der Waals surface area contributed by atoms with E-state index < -0.39 is 0 Å². The molecule has 0 saturated carbocycles. The van der Waals surface area contributed by atoms with Crippen molar-refractivity contribution in [2.24, 2.45) is 0 Å². The molecular weight excluding hydrogens is 343 g/mol. The maximum Gasteiger partial charge on any atom is 0.185 e. The molecule has 0 saturated heterocycles. The topological polar surface area (TPSA) is 39.4 Å². The molecule has 3 rings (SSSR count). The number of halogens is 1. The molecule has 0 aliphatic heterocycles. The zero-order chi connectivity index (χ0) is 19.2. The Morgan fingerprint density at radius 3 is 2.41 bits per heavy atom. The van der Waals surface area contributed by atoms with Crippen LogP contribution < -0.4 is 4.74 Å². The van der Waals surface area contributed by atoms with Crippen molar-refractivity contribution in [3.63, 3.8) is 0 Å². The maximum atomic E-state index is 12.9. The van der Waals surface area contributed by atoms with Crippen LogP contribution in [0.2, 0.25) is 0 Å². The van der Waals surface area contributed by atoms with Gasteiger partial charge in [0.2, 0.25) is 0 Å². The zero-order valence-electron chi connectivity index (χ0n) is 15.3. The zero-order valence-corrected chi connectivity index (χ0v) is 15.3. The minimum absolute atomic E-state index is 0.0779. The first kappa shape index (κ1) is 18.6. The number of ether oxygens (including phenoxy) is 1. The first-order chi connectivity index (χ1) is 13.0. The number of ketones is 1. The molecule has 3 aromatic rings. The van der Waals surface area contributed by atoms with Gasteiger partial charge in [0.05, 0.1) is 0 Å². The lowest BCUT2D eigenvalue weighted by atomic mass is 10.0. The van der Waals surface area contributed by atoms with E-state index in [0.29, 0.717) is 28.8 Å². The first-order valence-electron chi connectivity index (χ1n) is 8.81. The van der Waals surface area contributed by atoms with Gasteiger partial charge in [-0.2, -0.15) is 0 Å². The molecule has 0 amide bonds. The highest BCUT2D eigenvalue weighted by atomic mass is 19.1. The van der Waals surface area contributed by atoms with Crippen molar-refractivity contribution in [1.29, 1.82) is 0 Å². The van der Waals surface area contributed by atoms with Crippen LogP contribution in [-0.4, -0.2) is 5.78 Å². The molecule has 1 heterocycles. The summed E-state index contributed by atoms with van der Waals surface area (Å²) < 4.78 is 24.0. The molecule has 4 heteroatoms. The van der Waals surface area contributed by atoms with Gasteiger partial charge in [-0.1, -0.05) is 38.1 Å². The Bertz CT molecular complexity index is 919. The average molecular weight is 364 g/mol. The molecule has 1 aromatic heterocycles. The van der Waals surface area contributed by atoms with Crippen LogP contribution in [0.5, 0.6) is 5.75 Å². The quantitative estimate of drug-likeness (QED) is 0.380. The fourth-order valence-electron chi connectivity index (χ4n) is 2.53. The molecule has 2 aromatic carbocycles. The van der Waals surface area contributed by atoms with Gasteiger partial charge in [0.1, 0.15) is 29.7 Å². The SMILES string of the molecule is CC(C)c1ccc(C(=O)/C=C/c2ccc(COc3ccc(F)cc3)o2)cc1. The molecule has 138 valence electrons. The standard InChI is InChI=1S/C23H21FO3/c1-16(2)17-3-5-18(6-4-17)23(25)14-13-21-11-12-22(27-21)15-26-20-9-7-19(24)8-10-20/h3-14,16H,15H2,1-2H3/b14-13+. The molecule has 0 spiro atoms. The number of carbonyl (C=O) groups is 1. The van der Waals surface area contributed by atoms with E-state index in [1.54, 1.807) is 30.3 Å². The summed E-state index contributed by atoms with van der Waals surface area (Å²) in [4.78, 5) is 12.3. The first-order valence-corrected chi connectivity index (χ1v) is 8.81. The highest BCUT2D eigenvalue weighted by Gasteiger charge is 2.05. The number of hydrogen-bond donors (Lipinski definition) is 0. The Morgan fingerprint density at radius 2 is 1.74 bits per heavy atom. The van der Waals surface area contributed by atoms with Crippen LogP contribution >= 0.6 is 0 Å². The number of allylic oxidation sites excluding steroid dienone is 1. The van der Waals surface area contributed by atoms with Gasteiger partial charge in [0.15, 0.2) is 5.78 Å². The fraction of sp³-hybridized carbons (Fsp3) is 0.174. The number of carbonyl (C=O) groups excluding carboxylic acids is 1. The maximum absolute atomic E-state index is 12.9. The van der Waals surface area contributed by atoms with E-state index in [1.165, 1.54) is 23.8 Å². The van der Waals surface area contributed by atoms with Gasteiger partial charge in [-0.05, 0) is 60.0 Å². The molecule has 3 nitrogen and oxygen atoms in total. The molecule has 0 bridgehead atoms. The second kappa shape index (κ2) is 8.49. The van der Waals surface area contributed by atoms with Gasteiger partial charge in [-0.3, -0.25) is 4.79 Å². The fourth-order valence-corrected chi connectivity index (χ4v) is 2.53. The Morgan fingerprint density at radius 1 is 1.04 bits per heavy atom. The Labute approximate surface area is 158 Å². The normalized spacial score (nSPS) is 11.3. The molecule has 27 heavy (non-hydrogen) atoms. The number of furan rings is 1. The summed E-state index contributed by atoms with van der Waals surface area (Å²) in [6, 6.07) is 17.0. The monoisotopic (exact) mass is 364 g/mol. The third-order valence-electron chi connectivity index (χ3n) is 4.14. The Kier molecular flexibility index (Phi) is 5.87. The van der Waals surface area contributed by atoms with Crippen LogP contribution in [-0.2, 0) is 6.61 Å². The molecule has 0 unspecified atom stereocenters. The molecule has 0 aliphatic rings. The molecule has 0 atom stereocenters. The lowest BCUT2D eigenvalue weighted by molar-refractivity contribution is 0.104. The van der Waals surface area contributed by atoms with Crippen LogP contribution in [0.1, 0.15) is 47.2 Å². The summed E-state index contributed by atoms with van der Waals surface area (Å²) in [5, 5.41) is 0. The lowest BCUT2D eigenvalue weighted by Crippen LogP contribution is -1.95. The highest BCUT2D eigenvalue weighted by molar-refractivity contribution is 6.06. The second-order valence-electron chi connectivity index (χ2n) is 6.52. The predicted molar refractivity (Wildman–Crippen MR) is 103 cm³/mol. The van der Waals surface area contributed by atoms with Crippen molar-refractivity contribution in [2.75, 3.05) is 0 Å². The summed E-state index contributed by atoms with van der Waals surface area (Å²) in [5.41, 5.74) is 1.84. The van der Waals surface area contributed by atoms with Gasteiger partial charge in [0.25, 0.3) is 0 Å². The third-order valence-corrected chi connectivity index (χ3v) is 4.14. The van der Waals surface area contributed by atoms with Crippen molar-refractivity contribution in [1.82, 2.24) is 0 Å². The van der Waals surface area contributed by atoms with E-state index in [2.05, 4.69) is 13.8 Å². The summed E-state index contributed by atoms with van der Waals surface area (Å²) in [6.45, 7) is 4.46. The van der Waals surface area contributed by atoms with Crippen molar-refractivity contribution in [3.8, 4) is 5.75 Å². The highest BCUT2D eigenvalue weighted by Crippen LogP contribution is 2.17. The predicted octanol–water partition coefficient (Wildman–Crippen LogP) is 6.02. The Hall–Kier alpha value is -3.14. The largest absolute Gasteiger partial charge is 0.486 e. The van der Waals surface area contributed by atoms with Crippen LogP contribution in [0.3, 0.4) is 0 Å². The van der Waals surface area contributed by atoms with E-state index in [0.717, 1.165) is 0 Å². The molecule has 0 aliphatic carbocycles. The van der Waals surface area contributed by atoms with Crippen LogP contribution in [0, 0.1) is 5.82 Å². The van der Waals surface area contributed by atoms with Crippen molar-refractivity contribution in [2.45, 2.75) is 26.4 Å². The summed E-state index contributed by atoms with van der Waals surface area (Å²) in [6.07, 6.45) is 3.13. The van der Waals surface area contributed by atoms with Crippen LogP contribution in [0.25, 0.3) is 6.08 Å². The molecule has 0 fully saturated rings. The number of benzene rings is 2. The molecule has 0 radical (unpaired) electrons. The van der Waals surface area contributed by atoms with Crippen molar-refractivity contribution in [3.05, 3.63) is 95.2 Å². The molecule has 0 N–H and O–H groups in total. The van der Waals surface area contributed by atoms with Gasteiger partial charge < -0.3 is 9.15 Å². The van der Waals surface area contributed by atoms with E-state index >= 15 is 0 Å². The van der Waals surface area contributed by atoms with Crippen molar-refractivity contribution >= 4 is 11.9 Å². The number of hydrogen-bond acceptors (Lipinski definition) is 3. The van der Waals surface area contributed by atoms with E-state index in [-0.39, 0.29) is 18.2 Å². The van der Waals surface area contributed by atoms with Gasteiger partial charge in [-0.15, -0.1) is 0 Å². The van der Waals surface area contributed by atoms with Gasteiger partial charge in [0, 0.05) is 5.56 Å². The number of rotatable bonds is 7. The Balaban J connectivity index is 1.57. The smallest absolute Gasteiger partial charge is 0.185 e. The van der Waals surface area contributed by atoms with Crippen LogP contribution in [0.4, 0.5) is 4.39 Å². The molecular formula is C23H21FO3. The van der Waals surface area contributed by atoms with E-state index in [1.807, 2.05) is 24.3 Å². The van der Waals surface area contributed by atoms with Crippen molar-refractivity contribution < 1.29 is 18.3 Å². The van der Waals surface area contributed by atoms with Crippen LogP contribution in [0.15, 0.2) is 71.2 Å². The summed E-state index contributed by atoms with van der Waals surface area (Å²) in [7, 11) is 0. The lowest BCUT2D eigenvalue weighted by Gasteiger charge is -2.05. The third kappa shape index (κ3) is 5.17. The summed E-state index contributed by atoms with van der Waals surface area (Å²) in [5.74, 6) is 1.79. The van der Waals surface area contributed by atoms with E-state index in [9.17, 15) is 9.18 Å². The van der Waals surface area contributed by atoms with Gasteiger partial charge >= 0.3 is 0 Å². The minimum atomic E-state index is -0.309.